The Hall–Kier alpha value is -3.07. The van der Waals surface area contributed by atoms with E-state index in [1.807, 2.05) is 0 Å². The maximum atomic E-state index is 11.3. The van der Waals surface area contributed by atoms with Crippen LogP contribution in [-0.2, 0) is 10.0 Å². The number of azo groups is 1. The molecular formula is C19H15ClN4O3S. The lowest BCUT2D eigenvalue weighted by Crippen LogP contribution is -2.11. The molecule has 0 fully saturated rings. The van der Waals surface area contributed by atoms with Crippen LogP contribution in [0.1, 0.15) is 5.56 Å². The summed E-state index contributed by atoms with van der Waals surface area (Å²) in [6, 6.07) is 17.5. The molecular weight excluding hydrogens is 400 g/mol. The number of hydrogen-bond acceptors (Lipinski definition) is 6. The minimum absolute atomic E-state index is 0.00345. The molecule has 0 heterocycles. The number of sulfonamides is 1. The maximum absolute atomic E-state index is 11.3. The molecule has 28 heavy (non-hydrogen) atoms. The van der Waals surface area contributed by atoms with Gasteiger partial charge in [0, 0.05) is 11.8 Å². The Morgan fingerprint density at radius 2 is 1.61 bits per heavy atom. The van der Waals surface area contributed by atoms with E-state index in [1.165, 1.54) is 36.5 Å². The van der Waals surface area contributed by atoms with Crippen molar-refractivity contribution in [2.45, 2.75) is 4.90 Å². The molecule has 0 amide bonds. The molecule has 3 aromatic carbocycles. The number of aromatic hydroxyl groups is 1. The number of benzene rings is 3. The average Bonchev–Trinajstić information content (AvgIpc) is 2.67. The van der Waals surface area contributed by atoms with Gasteiger partial charge in [0.2, 0.25) is 10.0 Å². The summed E-state index contributed by atoms with van der Waals surface area (Å²) in [6.07, 6.45) is 1.44. The summed E-state index contributed by atoms with van der Waals surface area (Å²) < 4.78 is 22.5. The first-order valence-corrected chi connectivity index (χ1v) is 9.91. The van der Waals surface area contributed by atoms with Crippen LogP contribution in [0.5, 0.6) is 5.75 Å². The number of halogens is 1. The molecule has 0 aliphatic carbocycles. The van der Waals surface area contributed by atoms with Gasteiger partial charge in [0.05, 0.1) is 21.3 Å². The molecule has 7 nitrogen and oxygen atoms in total. The zero-order chi connectivity index (χ0) is 20.1. The Morgan fingerprint density at radius 3 is 2.29 bits per heavy atom. The number of rotatable bonds is 5. The third-order valence-corrected chi connectivity index (χ3v) is 4.90. The van der Waals surface area contributed by atoms with Gasteiger partial charge in [0.25, 0.3) is 0 Å². The standard InChI is InChI=1S/C19H15ClN4O3S/c20-17-3-1-2-4-18(17)24-23-15-7-10-19(25)13(11-15)12-22-14-5-8-16(9-6-14)28(21,26)27/h1-12,25H,(H2,21,26,27). The third kappa shape index (κ3) is 5.01. The molecule has 9 heteroatoms. The number of hydrogen-bond donors (Lipinski definition) is 2. The molecule has 0 bridgehead atoms. The summed E-state index contributed by atoms with van der Waals surface area (Å²) in [7, 11) is -3.76. The van der Waals surface area contributed by atoms with E-state index in [4.69, 9.17) is 16.7 Å². The first kappa shape index (κ1) is 19.7. The molecule has 0 unspecified atom stereocenters. The van der Waals surface area contributed by atoms with Crippen LogP contribution in [0.15, 0.2) is 86.8 Å². The predicted molar refractivity (Wildman–Crippen MR) is 109 cm³/mol. The van der Waals surface area contributed by atoms with Gasteiger partial charge in [-0.05, 0) is 54.6 Å². The van der Waals surface area contributed by atoms with E-state index in [9.17, 15) is 13.5 Å². The Labute approximate surface area is 166 Å². The Morgan fingerprint density at radius 1 is 0.929 bits per heavy atom. The van der Waals surface area contributed by atoms with Crippen LogP contribution in [0, 0.1) is 0 Å². The molecule has 0 aliphatic rings. The molecule has 0 radical (unpaired) electrons. The van der Waals surface area contributed by atoms with Crippen molar-refractivity contribution < 1.29 is 13.5 Å². The maximum Gasteiger partial charge on any atom is 0.238 e. The lowest BCUT2D eigenvalue weighted by atomic mass is 10.2. The fraction of sp³-hybridized carbons (Fsp3) is 0. The second kappa shape index (κ2) is 8.30. The van der Waals surface area contributed by atoms with E-state index >= 15 is 0 Å². The molecule has 0 aliphatic heterocycles. The number of nitrogens with zero attached hydrogens (tertiary/aromatic N) is 3. The monoisotopic (exact) mass is 414 g/mol. The highest BCUT2D eigenvalue weighted by molar-refractivity contribution is 7.89. The number of phenols is 1. The van der Waals surface area contributed by atoms with Crippen LogP contribution in [0.2, 0.25) is 5.02 Å². The van der Waals surface area contributed by atoms with E-state index in [0.29, 0.717) is 27.6 Å². The number of aliphatic imine (C=N–C) groups is 1. The SMILES string of the molecule is NS(=O)(=O)c1ccc(N=Cc2cc(N=Nc3ccccc3Cl)ccc2O)cc1. The second-order valence-corrected chi connectivity index (χ2v) is 7.66. The van der Waals surface area contributed by atoms with Crippen molar-refractivity contribution in [3.8, 4) is 5.75 Å². The zero-order valence-electron chi connectivity index (χ0n) is 14.4. The van der Waals surface area contributed by atoms with Crippen LogP contribution >= 0.6 is 11.6 Å². The number of nitrogens with two attached hydrogens (primary N) is 1. The van der Waals surface area contributed by atoms with Crippen LogP contribution in [-0.4, -0.2) is 19.7 Å². The third-order valence-electron chi connectivity index (χ3n) is 3.65. The quantitative estimate of drug-likeness (QED) is 0.458. The largest absolute Gasteiger partial charge is 0.507 e. The first-order valence-electron chi connectivity index (χ1n) is 7.99. The van der Waals surface area contributed by atoms with Gasteiger partial charge in [-0.3, -0.25) is 4.99 Å². The fourth-order valence-corrected chi connectivity index (χ4v) is 2.91. The molecule has 3 aromatic rings. The average molecular weight is 415 g/mol. The van der Waals surface area contributed by atoms with E-state index in [0.717, 1.165) is 0 Å². The van der Waals surface area contributed by atoms with Crippen LogP contribution < -0.4 is 5.14 Å². The molecule has 0 spiro atoms. The predicted octanol–water partition coefficient (Wildman–Crippen LogP) is 4.86. The van der Waals surface area contributed by atoms with Crippen molar-refractivity contribution >= 4 is 44.9 Å². The van der Waals surface area contributed by atoms with Gasteiger partial charge in [-0.25, -0.2) is 13.6 Å². The Kier molecular flexibility index (Phi) is 5.84. The molecule has 0 aromatic heterocycles. The van der Waals surface area contributed by atoms with Gasteiger partial charge in [-0.2, -0.15) is 5.11 Å². The van der Waals surface area contributed by atoms with Crippen LogP contribution in [0.4, 0.5) is 17.1 Å². The smallest absolute Gasteiger partial charge is 0.238 e. The molecule has 3 rings (SSSR count). The molecule has 142 valence electrons. The van der Waals surface area contributed by atoms with Crippen molar-refractivity contribution in [2.75, 3.05) is 0 Å². The molecule has 3 N–H and O–H groups in total. The summed E-state index contributed by atoms with van der Waals surface area (Å²) in [6.45, 7) is 0. The highest BCUT2D eigenvalue weighted by atomic mass is 35.5. The molecule has 0 atom stereocenters. The van der Waals surface area contributed by atoms with Crippen LogP contribution in [0.3, 0.4) is 0 Å². The lowest BCUT2D eigenvalue weighted by Gasteiger charge is -2.01. The first-order chi connectivity index (χ1) is 13.3. The summed E-state index contributed by atoms with van der Waals surface area (Å²) in [5, 5.41) is 23.8. The van der Waals surface area contributed by atoms with Crippen molar-refractivity contribution in [3.05, 3.63) is 77.3 Å². The summed E-state index contributed by atoms with van der Waals surface area (Å²) in [4.78, 5) is 4.22. The highest BCUT2D eigenvalue weighted by Crippen LogP contribution is 2.28. The fourth-order valence-electron chi connectivity index (χ4n) is 2.22. The topological polar surface area (TPSA) is 117 Å². The van der Waals surface area contributed by atoms with Gasteiger partial charge in [0.15, 0.2) is 0 Å². The Bertz CT molecular complexity index is 1160. The van der Waals surface area contributed by atoms with E-state index in [1.54, 1.807) is 36.4 Å². The minimum atomic E-state index is -3.76. The van der Waals surface area contributed by atoms with Crippen molar-refractivity contribution in [2.24, 2.45) is 20.4 Å². The van der Waals surface area contributed by atoms with Crippen molar-refractivity contribution in [3.63, 3.8) is 0 Å². The minimum Gasteiger partial charge on any atom is -0.507 e. The van der Waals surface area contributed by atoms with Gasteiger partial charge >= 0.3 is 0 Å². The summed E-state index contributed by atoms with van der Waals surface area (Å²) in [5.41, 5.74) is 1.95. The normalized spacial score (nSPS) is 12.1. The highest BCUT2D eigenvalue weighted by Gasteiger charge is 2.06. The van der Waals surface area contributed by atoms with E-state index < -0.39 is 10.0 Å². The summed E-state index contributed by atoms with van der Waals surface area (Å²) in [5.74, 6) is 0.0154. The van der Waals surface area contributed by atoms with Crippen molar-refractivity contribution in [1.29, 1.82) is 0 Å². The van der Waals surface area contributed by atoms with Gasteiger partial charge < -0.3 is 5.11 Å². The summed E-state index contributed by atoms with van der Waals surface area (Å²) >= 11 is 6.04. The van der Waals surface area contributed by atoms with E-state index in [-0.39, 0.29) is 10.6 Å². The van der Waals surface area contributed by atoms with E-state index in [2.05, 4.69) is 15.2 Å². The van der Waals surface area contributed by atoms with Gasteiger partial charge in [-0.1, -0.05) is 23.7 Å². The lowest BCUT2D eigenvalue weighted by molar-refractivity contribution is 0.474. The molecule has 0 saturated carbocycles. The van der Waals surface area contributed by atoms with Gasteiger partial charge in [0.1, 0.15) is 11.4 Å². The number of phenolic OH excluding ortho intramolecular Hbond substituents is 1. The number of primary sulfonamides is 1. The van der Waals surface area contributed by atoms with Crippen molar-refractivity contribution in [1.82, 2.24) is 0 Å². The zero-order valence-corrected chi connectivity index (χ0v) is 16.0. The molecule has 0 saturated heterocycles. The van der Waals surface area contributed by atoms with Gasteiger partial charge in [-0.15, -0.1) is 5.11 Å². The van der Waals surface area contributed by atoms with Crippen LogP contribution in [0.25, 0.3) is 0 Å². The Balaban J connectivity index is 1.82. The second-order valence-electron chi connectivity index (χ2n) is 5.69.